The predicted octanol–water partition coefficient (Wildman–Crippen LogP) is 6.12. The fourth-order valence-corrected chi connectivity index (χ4v) is 9.02. The van der Waals surface area contributed by atoms with Gasteiger partial charge >= 0.3 is 6.09 Å². The zero-order valence-corrected chi connectivity index (χ0v) is 20.6. The molecule has 3 rings (SSSR count). The van der Waals surface area contributed by atoms with Crippen LogP contribution < -0.4 is 21.2 Å². The third kappa shape index (κ3) is 5.96. The van der Waals surface area contributed by atoms with Crippen LogP contribution in [0.15, 0.2) is 91.0 Å². The smallest absolute Gasteiger partial charge is 0.407 e. The van der Waals surface area contributed by atoms with Crippen LogP contribution in [-0.4, -0.2) is 17.0 Å². The van der Waals surface area contributed by atoms with Crippen molar-refractivity contribution in [2.75, 3.05) is 0 Å². The van der Waals surface area contributed by atoms with Gasteiger partial charge in [-0.1, -0.05) is 80.8 Å². The molecule has 0 saturated heterocycles. The maximum Gasteiger partial charge on any atom is 0.407 e. The SMILES string of the molecule is Br.CCCCCCC(NC(=O)O)[P+](c1ccccc1)(c1ccccc1)c1ccccc1. The summed E-state index contributed by atoms with van der Waals surface area (Å²) in [4.78, 5) is 11.9. The lowest BCUT2D eigenvalue weighted by molar-refractivity contribution is 0.192. The molecule has 3 aromatic carbocycles. The number of carbonyl (C=O) groups is 1. The van der Waals surface area contributed by atoms with E-state index in [1.54, 1.807) is 0 Å². The van der Waals surface area contributed by atoms with E-state index in [2.05, 4.69) is 85.0 Å². The van der Waals surface area contributed by atoms with Gasteiger partial charge in [-0.2, -0.15) is 0 Å². The second kappa shape index (κ2) is 12.6. The normalized spacial score (nSPS) is 11.9. The Morgan fingerprint density at radius 2 is 1.19 bits per heavy atom. The minimum atomic E-state index is -2.26. The quantitative estimate of drug-likeness (QED) is 0.260. The lowest BCUT2D eigenvalue weighted by Gasteiger charge is -2.34. The monoisotopic (exact) mass is 500 g/mol. The Morgan fingerprint density at radius 1 is 0.774 bits per heavy atom. The molecule has 3 aromatic rings. The van der Waals surface area contributed by atoms with Crippen LogP contribution in [0.4, 0.5) is 4.79 Å². The van der Waals surface area contributed by atoms with Gasteiger partial charge < -0.3 is 5.11 Å². The Hall–Kier alpha value is -2.16. The largest absolute Gasteiger partial charge is 0.465 e. The first-order valence-electron chi connectivity index (χ1n) is 10.7. The average molecular weight is 501 g/mol. The highest BCUT2D eigenvalue weighted by Crippen LogP contribution is 2.60. The molecule has 3 nitrogen and oxygen atoms in total. The molecule has 5 heteroatoms. The van der Waals surface area contributed by atoms with Crippen molar-refractivity contribution in [2.24, 2.45) is 0 Å². The summed E-state index contributed by atoms with van der Waals surface area (Å²) in [7, 11) is -2.26. The van der Waals surface area contributed by atoms with Crippen molar-refractivity contribution in [3.8, 4) is 0 Å². The van der Waals surface area contributed by atoms with Gasteiger partial charge in [0.1, 0.15) is 23.2 Å². The van der Waals surface area contributed by atoms with Crippen molar-refractivity contribution in [1.82, 2.24) is 5.32 Å². The molecule has 1 unspecified atom stereocenters. The molecular weight excluding hydrogens is 469 g/mol. The van der Waals surface area contributed by atoms with E-state index in [9.17, 15) is 9.90 Å². The summed E-state index contributed by atoms with van der Waals surface area (Å²) >= 11 is 0. The summed E-state index contributed by atoms with van der Waals surface area (Å²) in [6.07, 6.45) is 4.32. The van der Waals surface area contributed by atoms with Crippen LogP contribution >= 0.6 is 24.2 Å². The van der Waals surface area contributed by atoms with E-state index in [1.165, 1.54) is 22.3 Å². The third-order valence-corrected chi connectivity index (χ3v) is 10.2. The lowest BCUT2D eigenvalue weighted by atomic mass is 10.1. The van der Waals surface area contributed by atoms with Crippen LogP contribution in [0.3, 0.4) is 0 Å². The molecule has 1 amide bonds. The molecule has 2 N–H and O–H groups in total. The molecular formula is C26H32BrNO2P+. The van der Waals surface area contributed by atoms with Gasteiger partial charge in [0.15, 0.2) is 5.78 Å². The molecule has 0 radical (unpaired) electrons. The van der Waals surface area contributed by atoms with E-state index < -0.39 is 13.4 Å². The summed E-state index contributed by atoms with van der Waals surface area (Å²) in [5.74, 6) is -0.181. The first-order valence-corrected chi connectivity index (χ1v) is 12.6. The number of unbranched alkanes of at least 4 members (excludes halogenated alkanes) is 3. The van der Waals surface area contributed by atoms with Crippen LogP contribution in [0.1, 0.15) is 39.0 Å². The fraction of sp³-hybridized carbons (Fsp3) is 0.269. The van der Waals surface area contributed by atoms with Crippen molar-refractivity contribution in [1.29, 1.82) is 0 Å². The number of benzene rings is 3. The Kier molecular flexibility index (Phi) is 10.2. The van der Waals surface area contributed by atoms with Gasteiger partial charge in [-0.15, -0.1) is 17.0 Å². The first-order chi connectivity index (χ1) is 14.7. The molecule has 0 saturated carbocycles. The molecule has 31 heavy (non-hydrogen) atoms. The fourth-order valence-electron chi connectivity index (χ4n) is 4.25. The Balaban J connectivity index is 0.00000341. The maximum absolute atomic E-state index is 11.9. The summed E-state index contributed by atoms with van der Waals surface area (Å²) in [5.41, 5.74) is 0. The minimum absolute atomic E-state index is 0. The minimum Gasteiger partial charge on any atom is -0.465 e. The molecule has 0 aliphatic carbocycles. The van der Waals surface area contributed by atoms with Gasteiger partial charge in [-0.25, -0.2) is 4.79 Å². The van der Waals surface area contributed by atoms with Crippen molar-refractivity contribution in [3.63, 3.8) is 0 Å². The molecule has 0 fully saturated rings. The number of hydrogen-bond donors (Lipinski definition) is 2. The zero-order valence-electron chi connectivity index (χ0n) is 18.0. The van der Waals surface area contributed by atoms with E-state index in [4.69, 9.17) is 0 Å². The van der Waals surface area contributed by atoms with Crippen molar-refractivity contribution in [2.45, 2.75) is 44.8 Å². The molecule has 0 aliphatic heterocycles. The third-order valence-electron chi connectivity index (χ3n) is 5.58. The standard InChI is InChI=1S/C26H30NO2P.BrH/c1-2-3-4-14-21-25(27-26(28)29)30(22-15-8-5-9-16-22,23-17-10-6-11-18-23)24-19-12-7-13-20-24;/h5-13,15-20,25,27H,2-4,14,21H2,1H3;1H/p+1. The van der Waals surface area contributed by atoms with Gasteiger partial charge in [-0.3, -0.25) is 5.32 Å². The highest BCUT2D eigenvalue weighted by atomic mass is 79.9. The molecule has 164 valence electrons. The average Bonchev–Trinajstić information content (AvgIpc) is 2.79. The lowest BCUT2D eigenvalue weighted by Crippen LogP contribution is -2.47. The molecule has 0 aliphatic rings. The van der Waals surface area contributed by atoms with Crippen LogP contribution in [0.2, 0.25) is 0 Å². The Bertz CT molecular complexity index is 810. The molecule has 0 bridgehead atoms. The summed E-state index contributed by atoms with van der Waals surface area (Å²) < 4.78 is 0. The van der Waals surface area contributed by atoms with E-state index in [0.29, 0.717) is 0 Å². The summed E-state index contributed by atoms with van der Waals surface area (Å²) in [6, 6.07) is 31.4. The van der Waals surface area contributed by atoms with Gasteiger partial charge in [0.25, 0.3) is 0 Å². The number of amides is 1. The van der Waals surface area contributed by atoms with Gasteiger partial charge in [-0.05, 0) is 42.8 Å². The topological polar surface area (TPSA) is 49.3 Å². The number of carboxylic acid groups (broad SMARTS) is 1. The Labute approximate surface area is 197 Å². The van der Waals surface area contributed by atoms with Crippen molar-refractivity contribution in [3.05, 3.63) is 91.0 Å². The number of hydrogen-bond acceptors (Lipinski definition) is 1. The zero-order chi connectivity index (χ0) is 21.2. The second-order valence-corrected chi connectivity index (χ2v) is 11.2. The van der Waals surface area contributed by atoms with E-state index in [-0.39, 0.29) is 22.8 Å². The highest BCUT2D eigenvalue weighted by Gasteiger charge is 2.52. The van der Waals surface area contributed by atoms with Gasteiger partial charge in [0.2, 0.25) is 0 Å². The molecule has 0 spiro atoms. The predicted molar refractivity (Wildman–Crippen MR) is 139 cm³/mol. The van der Waals surface area contributed by atoms with Gasteiger partial charge in [0, 0.05) is 6.42 Å². The van der Waals surface area contributed by atoms with E-state index in [1.807, 2.05) is 18.2 Å². The summed E-state index contributed by atoms with van der Waals surface area (Å²) in [5, 5.41) is 16.4. The van der Waals surface area contributed by atoms with Crippen molar-refractivity contribution >= 4 is 46.3 Å². The molecule has 1 atom stereocenters. The Morgan fingerprint density at radius 3 is 1.55 bits per heavy atom. The maximum atomic E-state index is 11.9. The van der Waals surface area contributed by atoms with Crippen LogP contribution in [0.25, 0.3) is 0 Å². The van der Waals surface area contributed by atoms with Gasteiger partial charge in [0.05, 0.1) is 0 Å². The van der Waals surface area contributed by atoms with E-state index in [0.717, 1.165) is 25.7 Å². The van der Waals surface area contributed by atoms with E-state index >= 15 is 0 Å². The second-order valence-electron chi connectivity index (χ2n) is 7.54. The first kappa shape index (κ1) is 25.1. The molecule has 0 heterocycles. The van der Waals surface area contributed by atoms with Crippen LogP contribution in [-0.2, 0) is 0 Å². The summed E-state index contributed by atoms with van der Waals surface area (Å²) in [6.45, 7) is 2.20. The van der Waals surface area contributed by atoms with Crippen molar-refractivity contribution < 1.29 is 9.90 Å². The highest BCUT2D eigenvalue weighted by molar-refractivity contribution is 8.93. The molecule has 0 aromatic heterocycles. The number of rotatable bonds is 10. The van der Waals surface area contributed by atoms with Crippen LogP contribution in [0.5, 0.6) is 0 Å². The van der Waals surface area contributed by atoms with Crippen LogP contribution in [0, 0.1) is 0 Å². The number of nitrogens with one attached hydrogen (secondary N) is 1. The number of halogens is 1.